The third-order valence-corrected chi connectivity index (χ3v) is 18.5. The van der Waals surface area contributed by atoms with Gasteiger partial charge in [0.15, 0.2) is 0 Å². The van der Waals surface area contributed by atoms with Crippen molar-refractivity contribution in [1.29, 1.82) is 0 Å². The van der Waals surface area contributed by atoms with Gasteiger partial charge in [-0.25, -0.2) is 0 Å². The summed E-state index contributed by atoms with van der Waals surface area (Å²) in [7, 11) is 0. The van der Waals surface area contributed by atoms with E-state index in [1.165, 1.54) is 111 Å². The molecule has 0 unspecified atom stereocenters. The Morgan fingerprint density at radius 3 is 0.966 bits per heavy atom. The molecule has 24 N–H and O–H groups in total. The van der Waals surface area contributed by atoms with Crippen molar-refractivity contribution in [2.75, 3.05) is 0 Å². The molecule has 2 aromatic rings. The molecule has 0 saturated heterocycles. The van der Waals surface area contributed by atoms with Crippen molar-refractivity contribution in [3.05, 3.63) is 36.0 Å². The van der Waals surface area contributed by atoms with E-state index in [-0.39, 0.29) is 56.3 Å². The number of aromatic nitrogens is 1. The van der Waals surface area contributed by atoms with Crippen LogP contribution in [0.3, 0.4) is 0 Å². The van der Waals surface area contributed by atoms with Crippen LogP contribution in [0.15, 0.2) is 30.5 Å². The molecule has 0 radical (unpaired) electrons. The fourth-order valence-electron chi connectivity index (χ4n) is 11.4. The number of benzene rings is 1. The van der Waals surface area contributed by atoms with Crippen molar-refractivity contribution in [3.63, 3.8) is 0 Å². The van der Waals surface area contributed by atoms with Crippen molar-refractivity contribution in [2.45, 2.75) is 304 Å². The maximum Gasteiger partial charge on any atom is 0.246 e. The maximum absolute atomic E-state index is 14.2. The Morgan fingerprint density at radius 1 is 0.328 bits per heavy atom. The van der Waals surface area contributed by atoms with E-state index >= 15 is 0 Å². The molecule has 0 spiro atoms. The molecule has 0 aliphatic rings. The lowest BCUT2D eigenvalue weighted by molar-refractivity contribution is -0.141. The van der Waals surface area contributed by atoms with Crippen LogP contribution in [0.1, 0.15) is 216 Å². The minimum absolute atomic E-state index is 0.0136. The van der Waals surface area contributed by atoms with Gasteiger partial charge in [-0.1, -0.05) is 59.7 Å². The number of carbonyl (C=O) groups excluding carboxylic acids is 19. The summed E-state index contributed by atoms with van der Waals surface area (Å²) in [6.07, 6.45) is -0.639. The van der Waals surface area contributed by atoms with Crippen LogP contribution >= 0.6 is 0 Å². The zero-order chi connectivity index (χ0) is 89.5. The van der Waals surface area contributed by atoms with Gasteiger partial charge in [0.05, 0.1) is 0 Å². The summed E-state index contributed by atoms with van der Waals surface area (Å²) in [5.74, 6) is -17.5. The standard InChI is InChI=1S/C77H126N20O19/c1-38(2)33-49(56(81)102)85-58(104)46(27-30-53(78)99)87-64(110)71(9,10)93-62(108)50(34-39(3)4)86-59(105)47(28-31-54(79)100)88-66(112)73(13,14)96-70(116)77(21,22)97-69(115)76(19,20)92-61(107)48(29-32-55(80)101)89-65(111)72(11,12)94-63(109)51(35-40(5)6)90-67(113)74(15,16)95-68(114)75(17,18)91-57(103)41(7)83-60(106)52(84-42(8)98)36-43-37-82-45-26-24-23-25-44(43)45/h23-26,37-41,46-52,82H,27-36H2,1-22H3,(H2,78,99)(H2,79,100)(H2,80,101)(H2,81,102)(H,83,106)(H,84,98)(H,85,104)(H,86,105)(H,87,110)(H,88,112)(H,89,111)(H,90,113)(H,91,103)(H,92,107)(H,93,108)(H,94,109)(H,95,114)(H,96,116)(H,97,115)/t41-,46-,47-,48-,49-,50-,51-,52-/m0/s1. The number of nitrogens with two attached hydrogens (primary N) is 4. The van der Waals surface area contributed by atoms with Gasteiger partial charge in [-0.05, 0) is 172 Å². The van der Waals surface area contributed by atoms with Gasteiger partial charge in [0, 0.05) is 49.7 Å². The molecule has 116 heavy (non-hydrogen) atoms. The first-order chi connectivity index (χ1) is 53.0. The molecule has 0 bridgehead atoms. The Labute approximate surface area is 676 Å². The van der Waals surface area contributed by atoms with Gasteiger partial charge in [-0.2, -0.15) is 0 Å². The average molecular weight is 1640 g/mol. The predicted molar refractivity (Wildman–Crippen MR) is 427 cm³/mol. The van der Waals surface area contributed by atoms with Crippen LogP contribution < -0.4 is 103 Å². The van der Waals surface area contributed by atoms with Crippen LogP contribution in [0.5, 0.6) is 0 Å². The highest BCUT2D eigenvalue weighted by Crippen LogP contribution is 2.22. The number of fused-ring (bicyclic) bond motifs is 1. The summed E-state index contributed by atoms with van der Waals surface area (Å²) < 4.78 is 0. The van der Waals surface area contributed by atoms with Gasteiger partial charge in [-0.15, -0.1) is 0 Å². The molecule has 0 saturated carbocycles. The first-order valence-electron chi connectivity index (χ1n) is 38.3. The lowest BCUT2D eigenvalue weighted by Crippen LogP contribution is -2.68. The Kier molecular flexibility index (Phi) is 36.8. The predicted octanol–water partition coefficient (Wildman–Crippen LogP) is -2.69. The van der Waals surface area contributed by atoms with Crippen molar-refractivity contribution in [1.82, 2.24) is 84.7 Å². The molecule has 1 aromatic heterocycles. The van der Waals surface area contributed by atoms with Crippen LogP contribution in [0.25, 0.3) is 10.9 Å². The zero-order valence-corrected chi connectivity index (χ0v) is 70.9. The van der Waals surface area contributed by atoms with Gasteiger partial charge in [0.2, 0.25) is 112 Å². The van der Waals surface area contributed by atoms with E-state index in [2.05, 4.69) is 84.7 Å². The van der Waals surface area contributed by atoms with E-state index < -0.39 is 225 Å². The zero-order valence-electron chi connectivity index (χ0n) is 70.9. The van der Waals surface area contributed by atoms with Crippen LogP contribution in [-0.2, 0) is 97.5 Å². The minimum Gasteiger partial charge on any atom is -0.370 e. The van der Waals surface area contributed by atoms with Gasteiger partial charge in [0.1, 0.15) is 87.1 Å². The summed E-state index contributed by atoms with van der Waals surface area (Å²) in [4.78, 5) is 260. The largest absolute Gasteiger partial charge is 0.370 e. The van der Waals surface area contributed by atoms with E-state index in [1.54, 1.807) is 47.7 Å². The van der Waals surface area contributed by atoms with Gasteiger partial charge >= 0.3 is 0 Å². The number of para-hydroxylation sites is 1. The smallest absolute Gasteiger partial charge is 0.246 e. The fraction of sp³-hybridized carbons (Fsp3) is 0.649. The number of hydrogen-bond acceptors (Lipinski definition) is 19. The van der Waals surface area contributed by atoms with Crippen molar-refractivity contribution < 1.29 is 91.1 Å². The van der Waals surface area contributed by atoms with Gasteiger partial charge in [0.25, 0.3) is 0 Å². The minimum atomic E-state index is -1.95. The molecule has 39 nitrogen and oxygen atoms in total. The van der Waals surface area contributed by atoms with Crippen LogP contribution in [0.2, 0.25) is 0 Å². The number of nitrogens with one attached hydrogen (secondary N) is 16. The Balaban J connectivity index is 2.26. The highest BCUT2D eigenvalue weighted by atomic mass is 16.2. The first kappa shape index (κ1) is 101. The average Bonchev–Trinajstić information content (AvgIpc) is 1.76. The number of carbonyl (C=O) groups is 19. The lowest BCUT2D eigenvalue weighted by atomic mass is 9.95. The summed E-state index contributed by atoms with van der Waals surface area (Å²) in [5, 5.41) is 39.0. The lowest BCUT2D eigenvalue weighted by Gasteiger charge is -2.36. The first-order valence-corrected chi connectivity index (χ1v) is 38.3. The molecule has 19 amide bonds. The number of amides is 19. The second-order valence-electron chi connectivity index (χ2n) is 34.3. The molecule has 1 aromatic carbocycles. The molecular weight excluding hydrogens is 1510 g/mol. The van der Waals surface area contributed by atoms with Gasteiger partial charge in [-0.3, -0.25) is 91.1 Å². The third kappa shape index (κ3) is 32.5. The molecule has 0 fully saturated rings. The molecule has 2 rings (SSSR count). The molecule has 1 heterocycles. The van der Waals surface area contributed by atoms with E-state index in [1.807, 2.05) is 24.3 Å². The molecule has 8 atom stereocenters. The molecular formula is C77H126N20O19. The summed E-state index contributed by atoms with van der Waals surface area (Å²) in [6.45, 7) is 31.0. The third-order valence-electron chi connectivity index (χ3n) is 18.5. The molecule has 39 heteroatoms. The normalized spacial score (nSPS) is 14.2. The summed E-state index contributed by atoms with van der Waals surface area (Å²) in [6, 6.07) is -3.58. The van der Waals surface area contributed by atoms with E-state index in [0.717, 1.165) is 16.5 Å². The summed E-state index contributed by atoms with van der Waals surface area (Å²) in [5.41, 5.74) is 10.2. The van der Waals surface area contributed by atoms with Crippen LogP contribution in [-0.4, -0.2) is 204 Å². The van der Waals surface area contributed by atoms with Gasteiger partial charge < -0.3 is 108 Å². The van der Waals surface area contributed by atoms with E-state index in [4.69, 9.17) is 22.9 Å². The second-order valence-corrected chi connectivity index (χ2v) is 34.3. The molecule has 648 valence electrons. The van der Waals surface area contributed by atoms with Crippen molar-refractivity contribution in [3.8, 4) is 0 Å². The summed E-state index contributed by atoms with van der Waals surface area (Å²) >= 11 is 0. The van der Waals surface area contributed by atoms with Crippen LogP contribution in [0, 0.1) is 17.8 Å². The van der Waals surface area contributed by atoms with Crippen molar-refractivity contribution >= 4 is 123 Å². The number of primary amides is 4. The topological polar surface area (TPSA) is 625 Å². The SMILES string of the molecule is CC(=O)N[C@@H](Cc1c[nH]c2ccccc12)C(=O)N[C@@H](C)C(=O)NC(C)(C)C(=O)NC(C)(C)C(=O)N[C@@H](CC(C)C)C(=O)NC(C)(C)C(=O)N[C@@H](CCC(N)=O)C(=O)NC(C)(C)C(=O)NC(C)(C)C(=O)NC(C)(C)C(=O)N[C@@H](CCC(N)=O)C(=O)N[C@@H](CC(C)C)C(=O)NC(C)(C)C(=O)N[C@@H](CCC(N)=O)C(=O)N[C@@H](CC(C)C)C(N)=O. The Hall–Kier alpha value is -11.3. The van der Waals surface area contributed by atoms with E-state index in [9.17, 15) is 91.1 Å². The van der Waals surface area contributed by atoms with Crippen molar-refractivity contribution in [2.24, 2.45) is 40.7 Å². The van der Waals surface area contributed by atoms with Crippen LogP contribution in [0.4, 0.5) is 0 Å². The highest BCUT2D eigenvalue weighted by molar-refractivity contribution is 6.04. The number of aromatic amines is 1. The Morgan fingerprint density at radius 2 is 0.612 bits per heavy atom. The molecule has 0 aliphatic heterocycles. The number of H-pyrrole nitrogens is 1. The highest BCUT2D eigenvalue weighted by Gasteiger charge is 2.46. The van der Waals surface area contributed by atoms with E-state index in [0.29, 0.717) is 0 Å². The molecule has 0 aliphatic carbocycles. The quantitative estimate of drug-likeness (QED) is 0.0321. The second kappa shape index (κ2) is 42.3. The number of rotatable bonds is 47. The monoisotopic (exact) mass is 1630 g/mol. The number of hydrogen-bond donors (Lipinski definition) is 20. The fourth-order valence-corrected chi connectivity index (χ4v) is 11.4. The maximum atomic E-state index is 14.2. The Bertz CT molecular complexity index is 3990.